The van der Waals surface area contributed by atoms with Gasteiger partial charge in [0.15, 0.2) is 11.5 Å². The third-order valence-electron chi connectivity index (χ3n) is 2.36. The summed E-state index contributed by atoms with van der Waals surface area (Å²) in [5, 5.41) is 0. The maximum Gasteiger partial charge on any atom is 0.350 e. The number of hydrogen-bond acceptors (Lipinski definition) is 5. The summed E-state index contributed by atoms with van der Waals surface area (Å²) < 4.78 is 21.0. The molecule has 0 N–H and O–H groups in total. The Morgan fingerprint density at radius 2 is 2.35 bits per heavy atom. The van der Waals surface area contributed by atoms with Crippen molar-refractivity contribution in [3.63, 3.8) is 0 Å². The molecule has 0 radical (unpaired) electrons. The van der Waals surface area contributed by atoms with Crippen LogP contribution in [0.2, 0.25) is 0 Å². The summed E-state index contributed by atoms with van der Waals surface area (Å²) in [5.74, 6) is 1.19. The molecule has 0 aromatic heterocycles. The first-order valence-corrected chi connectivity index (χ1v) is 5.39. The molecule has 0 fully saturated rings. The molecule has 1 atom stereocenters. The number of benzene rings is 1. The summed E-state index contributed by atoms with van der Waals surface area (Å²) in [6.07, 6.45) is -0.713. The predicted molar refractivity (Wildman–Crippen MR) is 59.5 cm³/mol. The van der Waals surface area contributed by atoms with Gasteiger partial charge in [0, 0.05) is 0 Å². The first-order chi connectivity index (χ1) is 8.26. The molecular formula is C12H14O5. The van der Waals surface area contributed by atoms with Gasteiger partial charge in [0.05, 0.1) is 13.7 Å². The first kappa shape index (κ1) is 11.6. The molecule has 1 heterocycles. The molecule has 0 saturated heterocycles. The summed E-state index contributed by atoms with van der Waals surface area (Å²) in [7, 11) is 1.55. The highest BCUT2D eigenvalue weighted by Gasteiger charge is 2.30. The van der Waals surface area contributed by atoms with Crippen molar-refractivity contribution in [1.29, 1.82) is 0 Å². The fourth-order valence-corrected chi connectivity index (χ4v) is 1.59. The zero-order valence-corrected chi connectivity index (χ0v) is 9.76. The van der Waals surface area contributed by atoms with Crippen molar-refractivity contribution in [1.82, 2.24) is 0 Å². The number of esters is 1. The molecule has 0 amide bonds. The lowest BCUT2D eigenvalue weighted by molar-refractivity contribution is -0.154. The van der Waals surface area contributed by atoms with Crippen LogP contribution in [0, 0.1) is 0 Å². The number of carbonyl (C=O) groups is 1. The molecule has 1 aliphatic rings. The number of fused-ring (bicyclic) bond motifs is 1. The second-order valence-corrected chi connectivity index (χ2v) is 3.46. The quantitative estimate of drug-likeness (QED) is 0.745. The minimum Gasteiger partial charge on any atom is -0.493 e. The molecule has 0 spiro atoms. The van der Waals surface area contributed by atoms with E-state index in [1.54, 1.807) is 32.2 Å². The Balaban J connectivity index is 2.17. The van der Waals surface area contributed by atoms with E-state index in [-0.39, 0.29) is 6.61 Å². The molecule has 2 rings (SSSR count). The fraction of sp³-hybridized carbons (Fsp3) is 0.417. The van der Waals surface area contributed by atoms with E-state index in [4.69, 9.17) is 18.9 Å². The Bertz CT molecular complexity index is 415. The Labute approximate surface area is 99.2 Å². The van der Waals surface area contributed by atoms with Crippen molar-refractivity contribution < 1.29 is 23.7 Å². The standard InChI is InChI=1S/C12H14O5/c1-3-15-12(13)10-7-16-11-8(14-2)5-4-6-9(11)17-10/h4-6,10H,3,7H2,1-2H3. The van der Waals surface area contributed by atoms with E-state index >= 15 is 0 Å². The van der Waals surface area contributed by atoms with Crippen LogP contribution in [-0.2, 0) is 9.53 Å². The zero-order chi connectivity index (χ0) is 12.3. The van der Waals surface area contributed by atoms with Crippen molar-refractivity contribution in [2.45, 2.75) is 13.0 Å². The molecule has 5 heteroatoms. The highest BCUT2D eigenvalue weighted by atomic mass is 16.6. The van der Waals surface area contributed by atoms with Crippen LogP contribution in [0.5, 0.6) is 17.2 Å². The van der Waals surface area contributed by atoms with Crippen molar-refractivity contribution in [3.05, 3.63) is 18.2 Å². The second kappa shape index (κ2) is 4.95. The van der Waals surface area contributed by atoms with Gasteiger partial charge >= 0.3 is 5.97 Å². The van der Waals surface area contributed by atoms with Gasteiger partial charge in [0.2, 0.25) is 11.9 Å². The number of rotatable bonds is 3. The maximum atomic E-state index is 11.5. The highest BCUT2D eigenvalue weighted by molar-refractivity contribution is 5.76. The number of methoxy groups -OCH3 is 1. The molecule has 1 aromatic rings. The molecule has 0 aliphatic carbocycles. The van der Waals surface area contributed by atoms with E-state index in [9.17, 15) is 4.79 Å². The van der Waals surface area contributed by atoms with E-state index in [0.717, 1.165) is 0 Å². The second-order valence-electron chi connectivity index (χ2n) is 3.46. The molecule has 1 aliphatic heterocycles. The molecule has 92 valence electrons. The van der Waals surface area contributed by atoms with Crippen LogP contribution >= 0.6 is 0 Å². The summed E-state index contributed by atoms with van der Waals surface area (Å²) in [6, 6.07) is 5.27. The fourth-order valence-electron chi connectivity index (χ4n) is 1.59. The lowest BCUT2D eigenvalue weighted by Gasteiger charge is -2.25. The van der Waals surface area contributed by atoms with Gasteiger partial charge < -0.3 is 18.9 Å². The van der Waals surface area contributed by atoms with Crippen molar-refractivity contribution in [2.24, 2.45) is 0 Å². The summed E-state index contributed by atoms with van der Waals surface area (Å²) in [6.45, 7) is 2.20. The number of hydrogen-bond donors (Lipinski definition) is 0. The van der Waals surface area contributed by atoms with E-state index in [2.05, 4.69) is 0 Å². The molecule has 1 aromatic carbocycles. The zero-order valence-electron chi connectivity index (χ0n) is 9.76. The Morgan fingerprint density at radius 1 is 1.53 bits per heavy atom. The average Bonchev–Trinajstić information content (AvgIpc) is 2.37. The highest BCUT2D eigenvalue weighted by Crippen LogP contribution is 2.39. The van der Waals surface area contributed by atoms with Crippen LogP contribution in [0.1, 0.15) is 6.92 Å². The number of para-hydroxylation sites is 1. The van der Waals surface area contributed by atoms with Crippen LogP contribution in [-0.4, -0.2) is 32.4 Å². The van der Waals surface area contributed by atoms with Gasteiger partial charge in [-0.25, -0.2) is 4.79 Å². The Hall–Kier alpha value is -1.91. The van der Waals surface area contributed by atoms with Gasteiger partial charge in [-0.1, -0.05) is 6.07 Å². The largest absolute Gasteiger partial charge is 0.493 e. The lowest BCUT2D eigenvalue weighted by Crippen LogP contribution is -2.37. The normalized spacial score (nSPS) is 17.4. The average molecular weight is 238 g/mol. The Kier molecular flexibility index (Phi) is 3.37. The van der Waals surface area contributed by atoms with Gasteiger partial charge in [-0.2, -0.15) is 0 Å². The predicted octanol–water partition coefficient (Wildman–Crippen LogP) is 1.40. The maximum absolute atomic E-state index is 11.5. The van der Waals surface area contributed by atoms with Crippen LogP contribution in [0.15, 0.2) is 18.2 Å². The topological polar surface area (TPSA) is 54.0 Å². The van der Waals surface area contributed by atoms with Crippen molar-refractivity contribution >= 4 is 5.97 Å². The molecule has 0 bridgehead atoms. The Morgan fingerprint density at radius 3 is 3.06 bits per heavy atom. The van der Waals surface area contributed by atoms with E-state index in [0.29, 0.717) is 23.9 Å². The van der Waals surface area contributed by atoms with Gasteiger partial charge in [-0.3, -0.25) is 0 Å². The van der Waals surface area contributed by atoms with E-state index in [1.807, 2.05) is 0 Å². The van der Waals surface area contributed by atoms with E-state index < -0.39 is 12.1 Å². The summed E-state index contributed by atoms with van der Waals surface area (Å²) in [4.78, 5) is 11.5. The third-order valence-corrected chi connectivity index (χ3v) is 2.36. The minimum absolute atomic E-state index is 0.131. The lowest BCUT2D eigenvalue weighted by atomic mass is 10.2. The molecule has 1 unspecified atom stereocenters. The van der Waals surface area contributed by atoms with Crippen molar-refractivity contribution in [3.8, 4) is 17.2 Å². The van der Waals surface area contributed by atoms with Crippen LogP contribution < -0.4 is 14.2 Å². The third kappa shape index (κ3) is 2.27. The van der Waals surface area contributed by atoms with Crippen LogP contribution in [0.3, 0.4) is 0 Å². The summed E-state index contributed by atoms with van der Waals surface area (Å²) >= 11 is 0. The van der Waals surface area contributed by atoms with Gasteiger partial charge in [0.25, 0.3) is 0 Å². The first-order valence-electron chi connectivity index (χ1n) is 5.39. The molecular weight excluding hydrogens is 224 g/mol. The van der Waals surface area contributed by atoms with Crippen molar-refractivity contribution in [2.75, 3.05) is 20.3 Å². The van der Waals surface area contributed by atoms with Gasteiger partial charge in [0.1, 0.15) is 6.61 Å². The molecule has 17 heavy (non-hydrogen) atoms. The van der Waals surface area contributed by atoms with Gasteiger partial charge in [-0.05, 0) is 19.1 Å². The minimum atomic E-state index is -0.713. The smallest absolute Gasteiger partial charge is 0.350 e. The monoisotopic (exact) mass is 238 g/mol. The van der Waals surface area contributed by atoms with Crippen LogP contribution in [0.4, 0.5) is 0 Å². The molecule has 5 nitrogen and oxygen atoms in total. The van der Waals surface area contributed by atoms with Gasteiger partial charge in [-0.15, -0.1) is 0 Å². The van der Waals surface area contributed by atoms with Crippen LogP contribution in [0.25, 0.3) is 0 Å². The molecule has 0 saturated carbocycles. The van der Waals surface area contributed by atoms with E-state index in [1.165, 1.54) is 0 Å². The summed E-state index contributed by atoms with van der Waals surface area (Å²) in [5.41, 5.74) is 0. The number of carbonyl (C=O) groups excluding carboxylic acids is 1. The SMILES string of the molecule is CCOC(=O)C1COc2c(OC)cccc2O1. The number of ether oxygens (including phenoxy) is 4.